The van der Waals surface area contributed by atoms with Crippen LogP contribution in [-0.4, -0.2) is 20.6 Å². The summed E-state index contributed by atoms with van der Waals surface area (Å²) in [5.41, 5.74) is -1.38. The Hall–Kier alpha value is -2.27. The minimum atomic E-state index is -3.39. The van der Waals surface area contributed by atoms with Gasteiger partial charge in [-0.05, 0) is 12.1 Å². The second-order valence-electron chi connectivity index (χ2n) is 5.03. The number of rotatable bonds is 3. The highest BCUT2D eigenvalue weighted by atomic mass is 19.3. The van der Waals surface area contributed by atoms with Gasteiger partial charge in [-0.1, -0.05) is 42.5 Å². The topological polar surface area (TPSA) is 38.0 Å². The van der Waals surface area contributed by atoms with Crippen LogP contribution in [0.3, 0.4) is 0 Å². The summed E-state index contributed by atoms with van der Waals surface area (Å²) < 4.78 is 29.6. The summed E-state index contributed by atoms with van der Waals surface area (Å²) in [5.74, 6) is -3.39. The summed E-state index contributed by atoms with van der Waals surface area (Å²) in [5, 5.41) is 10.9. The SMILES string of the molecule is CC(F)(F)C(O)(c1ccccc1)n1cnc2ccccc21. The van der Waals surface area contributed by atoms with Gasteiger partial charge in [-0.2, -0.15) is 0 Å². The summed E-state index contributed by atoms with van der Waals surface area (Å²) in [6.07, 6.45) is 1.25. The zero-order valence-electron chi connectivity index (χ0n) is 11.4. The van der Waals surface area contributed by atoms with Crippen molar-refractivity contribution < 1.29 is 13.9 Å². The lowest BCUT2D eigenvalue weighted by Crippen LogP contribution is -2.49. The van der Waals surface area contributed by atoms with Crippen LogP contribution in [0.2, 0.25) is 0 Å². The molecule has 1 atom stereocenters. The second kappa shape index (κ2) is 4.63. The van der Waals surface area contributed by atoms with Gasteiger partial charge in [0.2, 0.25) is 5.72 Å². The number of imidazole rings is 1. The summed E-state index contributed by atoms with van der Waals surface area (Å²) >= 11 is 0. The van der Waals surface area contributed by atoms with Gasteiger partial charge in [0.15, 0.2) is 0 Å². The van der Waals surface area contributed by atoms with Crippen molar-refractivity contribution in [1.82, 2.24) is 9.55 Å². The second-order valence-corrected chi connectivity index (χ2v) is 5.03. The van der Waals surface area contributed by atoms with Crippen molar-refractivity contribution in [1.29, 1.82) is 0 Å². The van der Waals surface area contributed by atoms with E-state index in [4.69, 9.17) is 0 Å². The van der Waals surface area contributed by atoms with E-state index in [2.05, 4.69) is 4.98 Å². The van der Waals surface area contributed by atoms with E-state index in [1.165, 1.54) is 18.5 Å². The average molecular weight is 288 g/mol. The minimum absolute atomic E-state index is 0.112. The number of hydrogen-bond acceptors (Lipinski definition) is 2. The monoisotopic (exact) mass is 288 g/mol. The Kier molecular flexibility index (Phi) is 3.02. The molecule has 0 saturated heterocycles. The van der Waals surface area contributed by atoms with Gasteiger partial charge in [-0.15, -0.1) is 0 Å². The third kappa shape index (κ3) is 2.01. The maximum absolute atomic E-state index is 14.2. The number of alkyl halides is 2. The quantitative estimate of drug-likeness (QED) is 0.802. The Balaban J connectivity index is 2.31. The van der Waals surface area contributed by atoms with Crippen molar-refractivity contribution in [3.05, 3.63) is 66.5 Å². The van der Waals surface area contributed by atoms with E-state index in [1.54, 1.807) is 42.5 Å². The fourth-order valence-corrected chi connectivity index (χ4v) is 2.49. The smallest absolute Gasteiger partial charge is 0.296 e. The van der Waals surface area contributed by atoms with E-state index in [0.29, 0.717) is 18.0 Å². The highest BCUT2D eigenvalue weighted by Crippen LogP contribution is 2.40. The van der Waals surface area contributed by atoms with Crippen LogP contribution in [-0.2, 0) is 5.72 Å². The first-order valence-electron chi connectivity index (χ1n) is 6.53. The fourth-order valence-electron chi connectivity index (χ4n) is 2.49. The molecule has 1 N–H and O–H groups in total. The van der Waals surface area contributed by atoms with Gasteiger partial charge in [0.1, 0.15) is 0 Å². The standard InChI is InChI=1S/C16H14F2N2O/c1-15(17,18)16(21,12-7-3-2-4-8-12)20-11-19-13-9-5-6-10-14(13)20/h2-11,21H,1H3. The summed E-state index contributed by atoms with van der Waals surface area (Å²) in [7, 11) is 0. The van der Waals surface area contributed by atoms with E-state index in [1.807, 2.05) is 0 Å². The van der Waals surface area contributed by atoms with Gasteiger partial charge in [0.05, 0.1) is 17.4 Å². The Morgan fingerprint density at radius 3 is 2.29 bits per heavy atom. The maximum Gasteiger partial charge on any atom is 0.296 e. The van der Waals surface area contributed by atoms with Crippen molar-refractivity contribution in [2.45, 2.75) is 18.6 Å². The Labute approximate surface area is 120 Å². The number of hydrogen-bond donors (Lipinski definition) is 1. The van der Waals surface area contributed by atoms with E-state index in [-0.39, 0.29) is 5.56 Å². The number of benzene rings is 2. The Morgan fingerprint density at radius 2 is 1.62 bits per heavy atom. The molecule has 5 heteroatoms. The number of nitrogens with zero attached hydrogens (tertiary/aromatic N) is 2. The van der Waals surface area contributed by atoms with Crippen LogP contribution in [0.1, 0.15) is 12.5 Å². The van der Waals surface area contributed by atoms with Crippen molar-refractivity contribution in [2.75, 3.05) is 0 Å². The summed E-state index contributed by atoms with van der Waals surface area (Å²) in [4.78, 5) is 4.09. The lowest BCUT2D eigenvalue weighted by atomic mass is 9.96. The lowest BCUT2D eigenvalue weighted by molar-refractivity contribution is -0.190. The molecule has 0 fully saturated rings. The van der Waals surface area contributed by atoms with Crippen LogP contribution < -0.4 is 0 Å². The maximum atomic E-state index is 14.2. The molecular formula is C16H14F2N2O. The minimum Gasteiger partial charge on any atom is -0.362 e. The first-order valence-corrected chi connectivity index (χ1v) is 6.53. The van der Waals surface area contributed by atoms with Crippen molar-refractivity contribution in [3.63, 3.8) is 0 Å². The number of halogens is 2. The molecule has 3 aromatic rings. The van der Waals surface area contributed by atoms with Crippen molar-refractivity contribution >= 4 is 11.0 Å². The normalized spacial score (nSPS) is 15.0. The Morgan fingerprint density at radius 1 is 1.00 bits per heavy atom. The molecule has 0 aliphatic rings. The predicted octanol–water partition coefficient (Wildman–Crippen LogP) is 3.38. The van der Waals surface area contributed by atoms with E-state index in [9.17, 15) is 13.9 Å². The molecule has 0 radical (unpaired) electrons. The van der Waals surface area contributed by atoms with Crippen LogP contribution in [0, 0.1) is 0 Å². The molecule has 0 aliphatic heterocycles. The lowest BCUT2D eigenvalue weighted by Gasteiger charge is -2.35. The number of aromatic nitrogens is 2. The van der Waals surface area contributed by atoms with Crippen LogP contribution in [0.4, 0.5) is 8.78 Å². The van der Waals surface area contributed by atoms with E-state index < -0.39 is 11.6 Å². The van der Waals surface area contributed by atoms with Crippen molar-refractivity contribution in [2.24, 2.45) is 0 Å². The highest BCUT2D eigenvalue weighted by Gasteiger charge is 2.52. The van der Waals surface area contributed by atoms with Gasteiger partial charge in [-0.3, -0.25) is 4.57 Å². The van der Waals surface area contributed by atoms with Crippen LogP contribution in [0.25, 0.3) is 11.0 Å². The molecule has 108 valence electrons. The first kappa shape index (κ1) is 13.7. The molecule has 1 heterocycles. The van der Waals surface area contributed by atoms with Gasteiger partial charge >= 0.3 is 0 Å². The average Bonchev–Trinajstić information content (AvgIpc) is 2.90. The molecule has 3 nitrogen and oxygen atoms in total. The molecule has 0 bridgehead atoms. The molecule has 3 rings (SSSR count). The molecule has 21 heavy (non-hydrogen) atoms. The number of fused-ring (bicyclic) bond motifs is 1. The third-order valence-electron chi connectivity index (χ3n) is 3.59. The van der Waals surface area contributed by atoms with Gasteiger partial charge < -0.3 is 5.11 Å². The van der Waals surface area contributed by atoms with Gasteiger partial charge in [-0.25, -0.2) is 13.8 Å². The largest absolute Gasteiger partial charge is 0.362 e. The van der Waals surface area contributed by atoms with Crippen LogP contribution >= 0.6 is 0 Å². The van der Waals surface area contributed by atoms with E-state index >= 15 is 0 Å². The Bertz CT molecular complexity index is 765. The molecule has 0 spiro atoms. The molecule has 2 aromatic carbocycles. The van der Waals surface area contributed by atoms with Crippen LogP contribution in [0.5, 0.6) is 0 Å². The predicted molar refractivity (Wildman–Crippen MR) is 76.1 cm³/mol. The third-order valence-corrected chi connectivity index (χ3v) is 3.59. The fraction of sp³-hybridized carbons (Fsp3) is 0.188. The molecule has 0 aliphatic carbocycles. The molecule has 1 aromatic heterocycles. The number of aliphatic hydroxyl groups is 1. The first-order chi connectivity index (χ1) is 9.94. The van der Waals surface area contributed by atoms with Gasteiger partial charge in [0, 0.05) is 12.5 Å². The van der Waals surface area contributed by atoms with E-state index in [0.717, 1.165) is 4.57 Å². The summed E-state index contributed by atoms with van der Waals surface area (Å²) in [6, 6.07) is 14.8. The molecule has 1 unspecified atom stereocenters. The highest BCUT2D eigenvalue weighted by molar-refractivity contribution is 5.75. The zero-order chi connectivity index (χ0) is 15.1. The molecular weight excluding hydrogens is 274 g/mol. The number of para-hydroxylation sites is 2. The van der Waals surface area contributed by atoms with Gasteiger partial charge in [0.25, 0.3) is 5.92 Å². The zero-order valence-corrected chi connectivity index (χ0v) is 11.4. The molecule has 0 amide bonds. The molecule has 0 saturated carbocycles. The summed E-state index contributed by atoms with van der Waals surface area (Å²) in [6.45, 7) is 0.703. The van der Waals surface area contributed by atoms with Crippen LogP contribution in [0.15, 0.2) is 60.9 Å². The van der Waals surface area contributed by atoms with Crippen molar-refractivity contribution in [3.8, 4) is 0 Å².